The molecule has 1 atom stereocenters. The first-order chi connectivity index (χ1) is 15.5. The van der Waals surface area contributed by atoms with Crippen molar-refractivity contribution in [2.24, 2.45) is 7.05 Å². The van der Waals surface area contributed by atoms with Crippen molar-refractivity contribution < 1.29 is 9.53 Å². The summed E-state index contributed by atoms with van der Waals surface area (Å²) in [6.07, 6.45) is 1.89. The van der Waals surface area contributed by atoms with E-state index in [-0.39, 0.29) is 29.8 Å². The zero-order valence-corrected chi connectivity index (χ0v) is 22.3. The maximum absolute atomic E-state index is 13.0. The highest BCUT2D eigenvalue weighted by Crippen LogP contribution is 2.37. The molecular weight excluding hydrogens is 529 g/mol. The van der Waals surface area contributed by atoms with Crippen LogP contribution in [0.4, 0.5) is 0 Å². The summed E-state index contributed by atoms with van der Waals surface area (Å²) in [7, 11) is 1.67. The molecule has 176 valence electrons. The Kier molecular flexibility index (Phi) is 8.08. The van der Waals surface area contributed by atoms with Crippen molar-refractivity contribution in [1.29, 1.82) is 0 Å². The molecular formula is C24H26BrCl2N3O3. The molecule has 0 spiro atoms. The van der Waals surface area contributed by atoms with Gasteiger partial charge in [-0.05, 0) is 79.4 Å². The molecule has 3 aromatic rings. The molecule has 33 heavy (non-hydrogen) atoms. The van der Waals surface area contributed by atoms with Crippen LogP contribution in [0.2, 0.25) is 10.0 Å². The Morgan fingerprint density at radius 3 is 2.52 bits per heavy atom. The van der Waals surface area contributed by atoms with E-state index in [1.807, 2.05) is 43.5 Å². The van der Waals surface area contributed by atoms with Crippen LogP contribution in [-0.4, -0.2) is 26.7 Å². The number of benzene rings is 1. The van der Waals surface area contributed by atoms with E-state index in [0.717, 1.165) is 11.1 Å². The van der Waals surface area contributed by atoms with Crippen LogP contribution in [0.1, 0.15) is 65.6 Å². The predicted octanol–water partition coefficient (Wildman–Crippen LogP) is 6.09. The van der Waals surface area contributed by atoms with E-state index in [1.165, 1.54) is 4.57 Å². The SMILES string of the molecule is CCOC(=O)c1nc(Br)n(C(C)C)c1C(Cc1cc(Cl)cn(C)c1=O)c1ccc(Cl)cc1C. The lowest BCUT2D eigenvalue weighted by molar-refractivity contribution is 0.0518. The van der Waals surface area contributed by atoms with Crippen LogP contribution in [0.5, 0.6) is 0 Å². The number of aryl methyl sites for hydroxylation is 2. The first kappa shape index (κ1) is 25.5. The molecule has 0 aliphatic carbocycles. The number of nitrogens with zero attached hydrogens (tertiary/aromatic N) is 3. The summed E-state index contributed by atoms with van der Waals surface area (Å²) in [6, 6.07) is 7.27. The van der Waals surface area contributed by atoms with Gasteiger partial charge in [0.05, 0.1) is 17.3 Å². The first-order valence-corrected chi connectivity index (χ1v) is 12.2. The van der Waals surface area contributed by atoms with Gasteiger partial charge in [-0.3, -0.25) is 4.79 Å². The molecule has 1 unspecified atom stereocenters. The number of hydrogen-bond donors (Lipinski definition) is 0. The van der Waals surface area contributed by atoms with Crippen molar-refractivity contribution in [2.75, 3.05) is 6.61 Å². The smallest absolute Gasteiger partial charge is 0.358 e. The second-order valence-corrected chi connectivity index (χ2v) is 9.74. The van der Waals surface area contributed by atoms with Crippen LogP contribution in [0.25, 0.3) is 0 Å². The molecule has 0 fully saturated rings. The molecule has 0 radical (unpaired) electrons. The van der Waals surface area contributed by atoms with Gasteiger partial charge in [-0.25, -0.2) is 9.78 Å². The van der Waals surface area contributed by atoms with Gasteiger partial charge in [-0.2, -0.15) is 0 Å². The second kappa shape index (κ2) is 10.5. The summed E-state index contributed by atoms with van der Waals surface area (Å²) >= 11 is 16.0. The van der Waals surface area contributed by atoms with Crippen molar-refractivity contribution >= 4 is 45.1 Å². The summed E-state index contributed by atoms with van der Waals surface area (Å²) in [4.78, 5) is 30.4. The number of hydrogen-bond acceptors (Lipinski definition) is 4. The topological polar surface area (TPSA) is 66.1 Å². The quantitative estimate of drug-likeness (QED) is 0.331. The van der Waals surface area contributed by atoms with Gasteiger partial charge in [0.2, 0.25) is 0 Å². The molecule has 2 aromatic heterocycles. The number of carbonyl (C=O) groups excluding carboxylic acids is 1. The van der Waals surface area contributed by atoms with Crippen molar-refractivity contribution in [3.63, 3.8) is 0 Å². The van der Waals surface area contributed by atoms with Crippen LogP contribution in [-0.2, 0) is 18.2 Å². The molecule has 1 aromatic carbocycles. The fourth-order valence-corrected chi connectivity index (χ4v) is 5.36. The monoisotopic (exact) mass is 553 g/mol. The Morgan fingerprint density at radius 2 is 1.91 bits per heavy atom. The Bertz CT molecular complexity index is 1250. The Labute approximate surface area is 211 Å². The zero-order chi connectivity index (χ0) is 24.4. The van der Waals surface area contributed by atoms with Crippen molar-refractivity contribution in [3.05, 3.63) is 83.7 Å². The van der Waals surface area contributed by atoms with Gasteiger partial charge in [0.25, 0.3) is 5.56 Å². The minimum atomic E-state index is -0.511. The summed E-state index contributed by atoms with van der Waals surface area (Å²) in [5, 5.41) is 1.07. The molecule has 2 heterocycles. The molecule has 6 nitrogen and oxygen atoms in total. The van der Waals surface area contributed by atoms with Gasteiger partial charge >= 0.3 is 5.97 Å². The number of esters is 1. The lowest BCUT2D eigenvalue weighted by Gasteiger charge is -2.24. The van der Waals surface area contributed by atoms with Crippen LogP contribution in [0.15, 0.2) is 40.0 Å². The molecule has 9 heteroatoms. The minimum Gasteiger partial charge on any atom is -0.461 e. The summed E-state index contributed by atoms with van der Waals surface area (Å²) < 4.78 is 9.26. The fraction of sp³-hybridized carbons (Fsp3) is 0.375. The molecule has 0 saturated heterocycles. The average molecular weight is 555 g/mol. The normalized spacial score (nSPS) is 12.3. The minimum absolute atomic E-state index is 0.0117. The lowest BCUT2D eigenvalue weighted by Crippen LogP contribution is -2.25. The highest BCUT2D eigenvalue weighted by atomic mass is 79.9. The van der Waals surface area contributed by atoms with Crippen LogP contribution < -0.4 is 5.56 Å². The van der Waals surface area contributed by atoms with E-state index < -0.39 is 5.97 Å². The fourth-order valence-electron chi connectivity index (χ4n) is 4.08. The van der Waals surface area contributed by atoms with Crippen molar-refractivity contribution in [2.45, 2.75) is 46.1 Å². The van der Waals surface area contributed by atoms with E-state index in [0.29, 0.717) is 32.5 Å². The first-order valence-electron chi connectivity index (χ1n) is 10.6. The van der Waals surface area contributed by atoms with Crippen molar-refractivity contribution in [1.82, 2.24) is 14.1 Å². The average Bonchev–Trinajstić information content (AvgIpc) is 3.07. The number of ether oxygens (including phenoxy) is 1. The highest BCUT2D eigenvalue weighted by molar-refractivity contribution is 9.10. The third-order valence-corrected chi connectivity index (χ3v) is 6.48. The van der Waals surface area contributed by atoms with Crippen LogP contribution in [0.3, 0.4) is 0 Å². The van der Waals surface area contributed by atoms with Crippen molar-refractivity contribution in [3.8, 4) is 0 Å². The number of halogens is 3. The van der Waals surface area contributed by atoms with Gasteiger partial charge in [0.1, 0.15) is 0 Å². The van der Waals surface area contributed by atoms with Gasteiger partial charge in [0.15, 0.2) is 10.4 Å². The molecule has 0 aliphatic heterocycles. The van der Waals surface area contributed by atoms with Gasteiger partial charge in [-0.15, -0.1) is 0 Å². The highest BCUT2D eigenvalue weighted by Gasteiger charge is 2.32. The number of aromatic nitrogens is 3. The summed E-state index contributed by atoms with van der Waals surface area (Å²) in [5.74, 6) is -0.891. The third-order valence-electron chi connectivity index (χ3n) is 5.48. The van der Waals surface area contributed by atoms with Gasteiger partial charge < -0.3 is 13.9 Å². The van der Waals surface area contributed by atoms with Gasteiger partial charge in [-0.1, -0.05) is 29.3 Å². The predicted molar refractivity (Wildman–Crippen MR) is 135 cm³/mol. The van der Waals surface area contributed by atoms with E-state index in [1.54, 1.807) is 26.2 Å². The number of rotatable bonds is 7. The molecule has 0 amide bonds. The zero-order valence-electron chi connectivity index (χ0n) is 19.2. The van der Waals surface area contributed by atoms with E-state index in [9.17, 15) is 9.59 Å². The summed E-state index contributed by atoms with van der Waals surface area (Å²) in [5.41, 5.74) is 3.14. The Hall–Kier alpha value is -2.09. The maximum Gasteiger partial charge on any atom is 0.358 e. The summed E-state index contributed by atoms with van der Waals surface area (Å²) in [6.45, 7) is 7.95. The third kappa shape index (κ3) is 5.36. The molecule has 0 N–H and O–H groups in total. The van der Waals surface area contributed by atoms with Gasteiger partial charge in [0, 0.05) is 35.8 Å². The van der Waals surface area contributed by atoms with E-state index in [4.69, 9.17) is 27.9 Å². The molecule has 0 aliphatic rings. The number of pyridine rings is 1. The lowest BCUT2D eigenvalue weighted by atomic mass is 9.85. The second-order valence-electron chi connectivity index (χ2n) is 8.16. The van der Waals surface area contributed by atoms with E-state index in [2.05, 4.69) is 20.9 Å². The number of carbonyl (C=O) groups is 1. The molecule has 0 saturated carbocycles. The largest absolute Gasteiger partial charge is 0.461 e. The Morgan fingerprint density at radius 1 is 1.21 bits per heavy atom. The number of imidazole rings is 1. The molecule has 3 rings (SSSR count). The van der Waals surface area contributed by atoms with Crippen LogP contribution in [0, 0.1) is 6.92 Å². The molecule has 0 bridgehead atoms. The maximum atomic E-state index is 13.0. The Balaban J connectivity index is 2.33. The standard InChI is InChI=1S/C24H26BrCl2N3O3/c1-6-33-23(32)20-21(30(13(2)3)24(25)28-20)19(18-8-7-16(26)9-14(18)4)11-15-10-17(27)12-29(5)22(15)31/h7-10,12-13,19H,6,11H2,1-5H3. The van der Waals surface area contributed by atoms with Crippen LogP contribution >= 0.6 is 39.1 Å². The van der Waals surface area contributed by atoms with E-state index >= 15 is 0 Å².